The number of hydrogen-bond donors (Lipinski definition) is 0. The molecule has 4 fully saturated rings. The number of methoxy groups -OCH3 is 1. The Morgan fingerprint density at radius 2 is 1.79 bits per heavy atom. The van der Waals surface area contributed by atoms with Gasteiger partial charge in [0.05, 0.1) is 12.7 Å². The quantitative estimate of drug-likeness (QED) is 0.336. The van der Waals surface area contributed by atoms with Crippen molar-refractivity contribution in [1.29, 1.82) is 5.26 Å². The maximum absolute atomic E-state index is 14.9. The molecule has 0 unspecified atom stereocenters. The van der Waals surface area contributed by atoms with Crippen LogP contribution in [0.5, 0.6) is 0 Å². The standard InChI is InChI=1S/C35H44F2N4O2/c1-43-34(42)17-26-5-2-8-32(26)35(24-40-13-4-14-40,29-6-3-7-30(36)18-29)28-11-15-39(16-12-28)21-25-22-41(23-25)31-10-9-27(20-38)33(37)19-31/h3,6-7,9-10,18-19,25-26,28,32H,2,4-5,8,11-17,21-24H2,1H3/t26-,32+,35+/m1/s1. The zero-order valence-corrected chi connectivity index (χ0v) is 25.3. The number of halogens is 2. The van der Waals surface area contributed by atoms with Gasteiger partial charge in [0, 0.05) is 49.6 Å². The summed E-state index contributed by atoms with van der Waals surface area (Å²) in [6.07, 6.45) is 6.96. The molecule has 230 valence electrons. The number of carbonyl (C=O) groups excluding carboxylic acids is 1. The van der Waals surface area contributed by atoms with E-state index in [9.17, 15) is 13.6 Å². The van der Waals surface area contributed by atoms with Gasteiger partial charge in [-0.2, -0.15) is 5.26 Å². The van der Waals surface area contributed by atoms with Crippen molar-refractivity contribution in [2.75, 3.05) is 64.4 Å². The molecule has 2 aromatic carbocycles. The third kappa shape index (κ3) is 6.17. The zero-order chi connectivity index (χ0) is 30.0. The molecule has 6 nitrogen and oxygen atoms in total. The third-order valence-corrected chi connectivity index (χ3v) is 11.0. The first-order chi connectivity index (χ1) is 20.9. The van der Waals surface area contributed by atoms with Crippen LogP contribution in [0.2, 0.25) is 0 Å². The summed E-state index contributed by atoms with van der Waals surface area (Å²) >= 11 is 0. The number of benzene rings is 2. The summed E-state index contributed by atoms with van der Waals surface area (Å²) in [6.45, 7) is 7.95. The number of nitrogens with zero attached hydrogens (tertiary/aromatic N) is 4. The van der Waals surface area contributed by atoms with Crippen LogP contribution in [0, 0.1) is 46.6 Å². The van der Waals surface area contributed by atoms with Crippen molar-refractivity contribution in [3.63, 3.8) is 0 Å². The van der Waals surface area contributed by atoms with E-state index in [1.54, 1.807) is 18.2 Å². The number of anilines is 1. The predicted octanol–water partition coefficient (Wildman–Crippen LogP) is 5.61. The van der Waals surface area contributed by atoms with Gasteiger partial charge in [0.1, 0.15) is 17.7 Å². The number of nitriles is 1. The summed E-state index contributed by atoms with van der Waals surface area (Å²) < 4.78 is 34.1. The molecule has 0 spiro atoms. The van der Waals surface area contributed by atoms with Crippen LogP contribution in [0.4, 0.5) is 14.5 Å². The summed E-state index contributed by atoms with van der Waals surface area (Å²) in [4.78, 5) is 19.8. The molecule has 0 radical (unpaired) electrons. The largest absolute Gasteiger partial charge is 0.469 e. The van der Waals surface area contributed by atoms with Crippen molar-refractivity contribution in [2.45, 2.75) is 50.4 Å². The molecule has 1 saturated carbocycles. The minimum atomic E-state index is -0.457. The van der Waals surface area contributed by atoms with Crippen LogP contribution in [-0.4, -0.2) is 75.2 Å². The van der Waals surface area contributed by atoms with Crippen molar-refractivity contribution < 1.29 is 18.3 Å². The second-order valence-corrected chi connectivity index (χ2v) is 13.4. The average molecular weight is 591 g/mol. The van der Waals surface area contributed by atoms with E-state index in [0.717, 1.165) is 95.7 Å². The molecule has 0 N–H and O–H groups in total. The van der Waals surface area contributed by atoms with Gasteiger partial charge in [-0.25, -0.2) is 8.78 Å². The molecule has 0 bridgehead atoms. The highest BCUT2D eigenvalue weighted by Gasteiger charge is 2.53. The molecule has 3 atom stereocenters. The van der Waals surface area contributed by atoms with E-state index in [1.807, 2.05) is 18.2 Å². The lowest BCUT2D eigenvalue weighted by Crippen LogP contribution is -2.58. The zero-order valence-electron chi connectivity index (χ0n) is 25.3. The topological polar surface area (TPSA) is 59.8 Å². The molecule has 4 aliphatic rings. The van der Waals surface area contributed by atoms with Crippen LogP contribution in [0.25, 0.3) is 0 Å². The summed E-state index contributed by atoms with van der Waals surface area (Å²) in [6, 6.07) is 14.1. The monoisotopic (exact) mass is 590 g/mol. The van der Waals surface area contributed by atoms with Crippen molar-refractivity contribution in [3.8, 4) is 6.07 Å². The van der Waals surface area contributed by atoms with E-state index >= 15 is 0 Å². The predicted molar refractivity (Wildman–Crippen MR) is 163 cm³/mol. The highest BCUT2D eigenvalue weighted by molar-refractivity contribution is 5.69. The lowest BCUT2D eigenvalue weighted by molar-refractivity contribution is -0.142. The Balaban J connectivity index is 1.17. The average Bonchev–Trinajstić information content (AvgIpc) is 3.43. The van der Waals surface area contributed by atoms with Gasteiger partial charge in [0.25, 0.3) is 0 Å². The number of ether oxygens (including phenoxy) is 1. The smallest absolute Gasteiger partial charge is 0.305 e. The van der Waals surface area contributed by atoms with Gasteiger partial charge in [-0.3, -0.25) is 4.79 Å². The van der Waals surface area contributed by atoms with Gasteiger partial charge >= 0.3 is 5.97 Å². The summed E-state index contributed by atoms with van der Waals surface area (Å²) in [5.74, 6) is 0.741. The van der Waals surface area contributed by atoms with E-state index in [4.69, 9.17) is 10.00 Å². The van der Waals surface area contributed by atoms with Crippen molar-refractivity contribution in [3.05, 3.63) is 65.2 Å². The minimum Gasteiger partial charge on any atom is -0.469 e. The first-order valence-electron chi connectivity index (χ1n) is 16.1. The fourth-order valence-electron chi connectivity index (χ4n) is 8.72. The van der Waals surface area contributed by atoms with Gasteiger partial charge in [-0.1, -0.05) is 18.6 Å². The lowest BCUT2D eigenvalue weighted by Gasteiger charge is -2.54. The van der Waals surface area contributed by atoms with Crippen LogP contribution in [0.15, 0.2) is 42.5 Å². The second kappa shape index (κ2) is 12.9. The fourth-order valence-corrected chi connectivity index (χ4v) is 8.72. The normalized spacial score (nSPS) is 25.0. The van der Waals surface area contributed by atoms with E-state index in [0.29, 0.717) is 24.2 Å². The summed E-state index contributed by atoms with van der Waals surface area (Å²) in [5, 5.41) is 9.02. The molecular weight excluding hydrogens is 546 g/mol. The number of likely N-dealkylation sites (tertiary alicyclic amines) is 2. The molecule has 1 aliphatic carbocycles. The number of hydrogen-bond acceptors (Lipinski definition) is 6. The molecule has 3 saturated heterocycles. The fraction of sp³-hybridized carbons (Fsp3) is 0.600. The van der Waals surface area contributed by atoms with E-state index < -0.39 is 5.82 Å². The Morgan fingerprint density at radius 3 is 2.44 bits per heavy atom. The minimum absolute atomic E-state index is 0.0846. The highest BCUT2D eigenvalue weighted by Crippen LogP contribution is 2.54. The summed E-state index contributed by atoms with van der Waals surface area (Å²) in [7, 11) is 1.48. The number of piperidine rings is 1. The Labute approximate surface area is 254 Å². The molecule has 8 heteroatoms. The Hall–Kier alpha value is -3.02. The third-order valence-electron chi connectivity index (χ3n) is 11.0. The van der Waals surface area contributed by atoms with Gasteiger partial charge in [-0.05, 0) is 112 Å². The van der Waals surface area contributed by atoms with Crippen molar-refractivity contribution >= 4 is 11.7 Å². The van der Waals surface area contributed by atoms with Crippen molar-refractivity contribution in [2.24, 2.45) is 23.7 Å². The van der Waals surface area contributed by atoms with E-state index in [-0.39, 0.29) is 28.7 Å². The maximum atomic E-state index is 14.9. The van der Waals surface area contributed by atoms with E-state index in [1.165, 1.54) is 19.6 Å². The van der Waals surface area contributed by atoms with Crippen LogP contribution < -0.4 is 4.90 Å². The molecule has 2 aromatic rings. The molecule has 3 heterocycles. The van der Waals surface area contributed by atoms with Crippen molar-refractivity contribution in [1.82, 2.24) is 9.80 Å². The van der Waals surface area contributed by atoms with Gasteiger partial charge in [0.2, 0.25) is 0 Å². The lowest BCUT2D eigenvalue weighted by atomic mass is 9.56. The Morgan fingerprint density at radius 1 is 1.00 bits per heavy atom. The highest BCUT2D eigenvalue weighted by atomic mass is 19.1. The second-order valence-electron chi connectivity index (χ2n) is 13.4. The first-order valence-corrected chi connectivity index (χ1v) is 16.1. The molecule has 6 rings (SSSR count). The van der Waals surface area contributed by atoms with Crippen LogP contribution in [-0.2, 0) is 14.9 Å². The molecule has 0 amide bonds. The molecular formula is C35H44F2N4O2. The van der Waals surface area contributed by atoms with Gasteiger partial charge < -0.3 is 19.4 Å². The van der Waals surface area contributed by atoms with Gasteiger partial charge in [0.15, 0.2) is 0 Å². The summed E-state index contributed by atoms with van der Waals surface area (Å²) in [5.41, 5.74) is 1.84. The Bertz CT molecular complexity index is 1330. The maximum Gasteiger partial charge on any atom is 0.305 e. The van der Waals surface area contributed by atoms with Gasteiger partial charge in [-0.15, -0.1) is 0 Å². The number of carbonyl (C=O) groups is 1. The number of rotatable bonds is 10. The van der Waals surface area contributed by atoms with Crippen LogP contribution in [0.1, 0.15) is 56.1 Å². The molecule has 0 aromatic heterocycles. The first kappa shape index (κ1) is 30.0. The van der Waals surface area contributed by atoms with Crippen LogP contribution in [0.3, 0.4) is 0 Å². The van der Waals surface area contributed by atoms with E-state index in [2.05, 4.69) is 20.8 Å². The van der Waals surface area contributed by atoms with Crippen LogP contribution >= 0.6 is 0 Å². The molecule has 43 heavy (non-hydrogen) atoms. The Kier molecular flexibility index (Phi) is 9.02. The SMILES string of the molecule is COC(=O)C[C@H]1CCC[C@@H]1[C@](CN1CCC1)(c1cccc(F)c1)C1CCN(CC2CN(c3ccc(C#N)c(F)c3)C2)CC1. The number of esters is 1. The molecule has 3 aliphatic heterocycles.